The Kier molecular flexibility index (Phi) is 3.48. The van der Waals surface area contributed by atoms with Crippen LogP contribution in [0.15, 0.2) is 15.7 Å². The third kappa shape index (κ3) is 2.56. The highest BCUT2D eigenvalue weighted by atomic mass is 35.5. The Bertz CT molecular complexity index is 271. The zero-order valence-corrected chi connectivity index (χ0v) is 8.47. The van der Waals surface area contributed by atoms with Gasteiger partial charge in [-0.05, 0) is 17.9 Å². The van der Waals surface area contributed by atoms with Crippen LogP contribution in [0, 0.1) is 5.92 Å². The molecule has 1 heterocycles. The Morgan fingerprint density at radius 2 is 2.54 bits per heavy atom. The monoisotopic (exact) mass is 201 g/mol. The van der Waals surface area contributed by atoms with Crippen LogP contribution >= 0.6 is 11.6 Å². The first-order chi connectivity index (χ1) is 6.15. The Labute approximate surface area is 82.4 Å². The lowest BCUT2D eigenvalue weighted by Gasteiger charge is -2.17. The standard InChI is InChI=1S/C9H12ClNO2/c1-6-3-4-11-9(10)7(6)5-8(12)13-2/h4,6H,3,5H2,1-2H3. The molecule has 4 heteroatoms. The Hall–Kier alpha value is -0.830. The van der Waals surface area contributed by atoms with Crippen molar-refractivity contribution in [2.45, 2.75) is 19.8 Å². The number of esters is 1. The summed E-state index contributed by atoms with van der Waals surface area (Å²) in [6, 6.07) is 0. The molecule has 0 radical (unpaired) electrons. The van der Waals surface area contributed by atoms with Gasteiger partial charge in [0, 0.05) is 6.21 Å². The minimum absolute atomic E-state index is 0.244. The van der Waals surface area contributed by atoms with Crippen molar-refractivity contribution in [2.75, 3.05) is 7.11 Å². The van der Waals surface area contributed by atoms with E-state index in [1.54, 1.807) is 6.21 Å². The highest BCUT2D eigenvalue weighted by molar-refractivity contribution is 6.30. The normalized spacial score (nSPS) is 21.9. The first-order valence-electron chi connectivity index (χ1n) is 4.13. The molecule has 0 bridgehead atoms. The molecule has 1 aliphatic rings. The second kappa shape index (κ2) is 4.42. The molecule has 0 fully saturated rings. The van der Waals surface area contributed by atoms with Crippen LogP contribution in [0.25, 0.3) is 0 Å². The van der Waals surface area contributed by atoms with Gasteiger partial charge in [0.05, 0.1) is 13.5 Å². The summed E-state index contributed by atoms with van der Waals surface area (Å²) in [5, 5.41) is 0.434. The third-order valence-corrected chi connectivity index (χ3v) is 2.43. The van der Waals surface area contributed by atoms with Crippen LogP contribution in [-0.4, -0.2) is 19.3 Å². The molecular formula is C9H12ClNO2. The molecule has 1 unspecified atom stereocenters. The summed E-state index contributed by atoms with van der Waals surface area (Å²) >= 11 is 5.85. The van der Waals surface area contributed by atoms with Gasteiger partial charge >= 0.3 is 5.97 Å². The molecule has 3 nitrogen and oxygen atoms in total. The summed E-state index contributed by atoms with van der Waals surface area (Å²) in [5.41, 5.74) is 0.871. The van der Waals surface area contributed by atoms with Crippen LogP contribution in [0.4, 0.5) is 0 Å². The summed E-state index contributed by atoms with van der Waals surface area (Å²) in [6.45, 7) is 2.02. The maximum absolute atomic E-state index is 11.0. The van der Waals surface area contributed by atoms with Crippen LogP contribution in [0.5, 0.6) is 0 Å². The fourth-order valence-electron chi connectivity index (χ4n) is 1.19. The van der Waals surface area contributed by atoms with Gasteiger partial charge in [-0.2, -0.15) is 0 Å². The van der Waals surface area contributed by atoms with Crippen LogP contribution in [0.2, 0.25) is 0 Å². The van der Waals surface area contributed by atoms with Crippen molar-refractivity contribution >= 4 is 23.8 Å². The Balaban J connectivity index is 2.74. The van der Waals surface area contributed by atoms with Crippen molar-refractivity contribution < 1.29 is 9.53 Å². The second-order valence-electron chi connectivity index (χ2n) is 3.02. The van der Waals surface area contributed by atoms with Crippen LogP contribution in [0.1, 0.15) is 19.8 Å². The lowest BCUT2D eigenvalue weighted by Crippen LogP contribution is -2.11. The number of ether oxygens (including phenoxy) is 1. The van der Waals surface area contributed by atoms with E-state index >= 15 is 0 Å². The molecule has 1 atom stereocenters. The smallest absolute Gasteiger partial charge is 0.309 e. The highest BCUT2D eigenvalue weighted by Crippen LogP contribution is 2.28. The summed E-state index contributed by atoms with van der Waals surface area (Å²) in [6.07, 6.45) is 2.85. The van der Waals surface area contributed by atoms with E-state index in [1.165, 1.54) is 7.11 Å². The fourth-order valence-corrected chi connectivity index (χ4v) is 1.52. The summed E-state index contributed by atoms with van der Waals surface area (Å²) in [5.74, 6) is 0.0150. The van der Waals surface area contributed by atoms with Crippen molar-refractivity contribution in [1.29, 1.82) is 0 Å². The lowest BCUT2D eigenvalue weighted by molar-refractivity contribution is -0.139. The topological polar surface area (TPSA) is 38.7 Å². The SMILES string of the molecule is COC(=O)CC1=C(Cl)N=CCC1C. The molecule has 0 N–H and O–H groups in total. The number of carbonyl (C=O) groups excluding carboxylic acids is 1. The quantitative estimate of drug-likeness (QED) is 0.507. The van der Waals surface area contributed by atoms with Crippen molar-refractivity contribution in [1.82, 2.24) is 0 Å². The minimum Gasteiger partial charge on any atom is -0.469 e. The van der Waals surface area contributed by atoms with Gasteiger partial charge in [0.25, 0.3) is 0 Å². The predicted molar refractivity (Wildman–Crippen MR) is 51.8 cm³/mol. The van der Waals surface area contributed by atoms with E-state index in [2.05, 4.69) is 9.73 Å². The molecule has 72 valence electrons. The van der Waals surface area contributed by atoms with Gasteiger partial charge < -0.3 is 4.74 Å². The second-order valence-corrected chi connectivity index (χ2v) is 3.38. The third-order valence-electron chi connectivity index (χ3n) is 2.09. The van der Waals surface area contributed by atoms with Crippen molar-refractivity contribution in [3.8, 4) is 0 Å². The van der Waals surface area contributed by atoms with Crippen molar-refractivity contribution in [2.24, 2.45) is 10.9 Å². The molecule has 0 aromatic carbocycles. The molecule has 0 spiro atoms. The molecule has 0 saturated heterocycles. The van der Waals surface area contributed by atoms with E-state index in [9.17, 15) is 4.79 Å². The van der Waals surface area contributed by atoms with Gasteiger partial charge in [-0.3, -0.25) is 4.79 Å². The van der Waals surface area contributed by atoms with Crippen LogP contribution in [0.3, 0.4) is 0 Å². The fraction of sp³-hybridized carbons (Fsp3) is 0.556. The molecule has 0 amide bonds. The Morgan fingerprint density at radius 1 is 1.85 bits per heavy atom. The molecular weight excluding hydrogens is 190 g/mol. The van der Waals surface area contributed by atoms with Gasteiger partial charge in [-0.1, -0.05) is 18.5 Å². The van der Waals surface area contributed by atoms with Crippen LogP contribution < -0.4 is 0 Å². The number of aliphatic imine (C=N–C) groups is 1. The van der Waals surface area contributed by atoms with E-state index in [-0.39, 0.29) is 18.3 Å². The number of carbonyl (C=O) groups is 1. The average molecular weight is 202 g/mol. The highest BCUT2D eigenvalue weighted by Gasteiger charge is 2.19. The Morgan fingerprint density at radius 3 is 3.08 bits per heavy atom. The van der Waals surface area contributed by atoms with Crippen molar-refractivity contribution in [3.63, 3.8) is 0 Å². The number of nitrogens with zero attached hydrogens (tertiary/aromatic N) is 1. The molecule has 0 aromatic heterocycles. The molecule has 0 saturated carbocycles. The molecule has 1 aliphatic heterocycles. The van der Waals surface area contributed by atoms with E-state index in [0.717, 1.165) is 12.0 Å². The van der Waals surface area contributed by atoms with E-state index in [0.29, 0.717) is 5.16 Å². The molecule has 13 heavy (non-hydrogen) atoms. The number of hydrogen-bond donors (Lipinski definition) is 0. The number of hydrogen-bond acceptors (Lipinski definition) is 3. The summed E-state index contributed by atoms with van der Waals surface area (Å²) < 4.78 is 4.57. The largest absolute Gasteiger partial charge is 0.469 e. The van der Waals surface area contributed by atoms with Gasteiger partial charge in [-0.15, -0.1) is 0 Å². The molecule has 0 aliphatic carbocycles. The maximum Gasteiger partial charge on any atom is 0.309 e. The number of methoxy groups -OCH3 is 1. The molecule has 0 aromatic rings. The van der Waals surface area contributed by atoms with Crippen molar-refractivity contribution in [3.05, 3.63) is 10.7 Å². The zero-order valence-electron chi connectivity index (χ0n) is 7.71. The van der Waals surface area contributed by atoms with Gasteiger partial charge in [0.15, 0.2) is 0 Å². The van der Waals surface area contributed by atoms with E-state index < -0.39 is 0 Å². The average Bonchev–Trinajstić information content (AvgIpc) is 2.11. The van der Waals surface area contributed by atoms with E-state index in [4.69, 9.17) is 11.6 Å². The molecule has 1 rings (SSSR count). The summed E-state index contributed by atoms with van der Waals surface area (Å²) in [4.78, 5) is 15.0. The first kappa shape index (κ1) is 10.3. The van der Waals surface area contributed by atoms with Gasteiger partial charge in [0.1, 0.15) is 5.16 Å². The maximum atomic E-state index is 11.0. The number of rotatable bonds is 2. The zero-order chi connectivity index (χ0) is 9.84. The van der Waals surface area contributed by atoms with Gasteiger partial charge in [0.2, 0.25) is 0 Å². The predicted octanol–water partition coefficient (Wildman–Crippen LogP) is 2.11. The lowest BCUT2D eigenvalue weighted by atomic mass is 9.95. The first-order valence-corrected chi connectivity index (χ1v) is 4.50. The summed E-state index contributed by atoms with van der Waals surface area (Å²) in [7, 11) is 1.37. The minimum atomic E-state index is -0.267. The number of halogens is 1. The van der Waals surface area contributed by atoms with E-state index in [1.807, 2.05) is 6.92 Å². The van der Waals surface area contributed by atoms with Gasteiger partial charge in [-0.25, -0.2) is 4.99 Å². The van der Waals surface area contributed by atoms with Crippen LogP contribution in [-0.2, 0) is 9.53 Å².